The van der Waals surface area contributed by atoms with Crippen LogP contribution in [0.1, 0.15) is 36.2 Å². The molecule has 0 spiro atoms. The number of hydrogen-bond acceptors (Lipinski definition) is 6. The lowest BCUT2D eigenvalue weighted by Gasteiger charge is -2.44. The van der Waals surface area contributed by atoms with Crippen LogP contribution in [0.15, 0.2) is 10.9 Å². The number of rotatable bonds is 5. The molecule has 1 aliphatic carbocycles. The van der Waals surface area contributed by atoms with Gasteiger partial charge in [-0.3, -0.25) is 4.79 Å². The minimum absolute atomic E-state index is 0.0573. The van der Waals surface area contributed by atoms with Crippen molar-refractivity contribution in [2.45, 2.75) is 37.4 Å². The van der Waals surface area contributed by atoms with Crippen LogP contribution in [-0.4, -0.2) is 63.9 Å². The number of aromatic nitrogens is 1. The predicted octanol–water partition coefficient (Wildman–Crippen LogP) is 0.471. The topological polar surface area (TPSA) is 85.7 Å². The maximum absolute atomic E-state index is 11.9. The summed E-state index contributed by atoms with van der Waals surface area (Å²) in [5, 5.41) is 25.2. The van der Waals surface area contributed by atoms with Gasteiger partial charge in [0.05, 0.1) is 11.6 Å². The Hall–Kier alpha value is -1.02. The van der Waals surface area contributed by atoms with Crippen LogP contribution in [0.3, 0.4) is 0 Å². The Bertz CT molecular complexity index is 506. The summed E-state index contributed by atoms with van der Waals surface area (Å²) >= 11 is 1.35. The molecule has 2 atom stereocenters. The minimum atomic E-state index is -1.25. The average molecular weight is 325 g/mol. The van der Waals surface area contributed by atoms with Crippen molar-refractivity contribution in [3.63, 3.8) is 0 Å². The normalized spacial score (nSPS) is 30.0. The summed E-state index contributed by atoms with van der Waals surface area (Å²) in [5.74, 6) is 0.446. The maximum atomic E-state index is 11.9. The van der Waals surface area contributed by atoms with Crippen molar-refractivity contribution in [3.05, 3.63) is 16.6 Å². The van der Waals surface area contributed by atoms with Crippen molar-refractivity contribution >= 4 is 17.2 Å². The molecule has 0 unspecified atom stereocenters. The molecule has 2 heterocycles. The van der Waals surface area contributed by atoms with E-state index in [0.717, 1.165) is 19.0 Å². The van der Waals surface area contributed by atoms with Crippen molar-refractivity contribution in [3.8, 4) is 0 Å². The zero-order chi connectivity index (χ0) is 15.6. The Kier molecular flexibility index (Phi) is 4.77. The molecule has 22 heavy (non-hydrogen) atoms. The highest BCUT2D eigenvalue weighted by Crippen LogP contribution is 2.29. The number of amides is 1. The number of thiazole rings is 1. The van der Waals surface area contributed by atoms with Crippen molar-refractivity contribution in [2.24, 2.45) is 5.92 Å². The van der Waals surface area contributed by atoms with Crippen LogP contribution < -0.4 is 5.32 Å². The van der Waals surface area contributed by atoms with E-state index >= 15 is 0 Å². The average Bonchev–Trinajstić information content (AvgIpc) is 2.99. The van der Waals surface area contributed by atoms with Gasteiger partial charge in [0, 0.05) is 31.6 Å². The van der Waals surface area contributed by atoms with Crippen molar-refractivity contribution in [2.75, 3.05) is 26.2 Å². The van der Waals surface area contributed by atoms with Crippen LogP contribution >= 0.6 is 11.3 Å². The van der Waals surface area contributed by atoms with Gasteiger partial charge < -0.3 is 20.4 Å². The summed E-state index contributed by atoms with van der Waals surface area (Å²) in [6.07, 6.45) is 3.50. The summed E-state index contributed by atoms with van der Waals surface area (Å²) in [6.45, 7) is 2.30. The Morgan fingerprint density at radius 3 is 2.95 bits per heavy atom. The number of nitrogens with zero attached hydrogens (tertiary/aromatic N) is 2. The number of likely N-dealkylation sites (tertiary alicyclic amines) is 1. The second kappa shape index (κ2) is 6.62. The Balaban J connectivity index is 1.49. The first-order chi connectivity index (χ1) is 10.6. The summed E-state index contributed by atoms with van der Waals surface area (Å²) < 4.78 is 0. The van der Waals surface area contributed by atoms with Crippen LogP contribution in [0.4, 0.5) is 0 Å². The first-order valence-electron chi connectivity index (χ1n) is 7.86. The molecule has 1 aromatic rings. The maximum Gasteiger partial charge on any atom is 0.270 e. The fourth-order valence-electron chi connectivity index (χ4n) is 3.09. The van der Waals surface area contributed by atoms with Crippen molar-refractivity contribution < 1.29 is 15.0 Å². The van der Waals surface area contributed by atoms with Crippen LogP contribution in [0, 0.1) is 5.92 Å². The minimum Gasteiger partial charge on any atom is -0.389 e. The number of carbonyl (C=O) groups excluding carboxylic acids is 1. The van der Waals surface area contributed by atoms with Gasteiger partial charge >= 0.3 is 0 Å². The molecule has 7 heteroatoms. The number of piperidine rings is 1. The standard InChI is InChI=1S/C15H23N3O3S/c19-13-7-18(6-11-2-1-3-11)5-4-15(13,21)9-16-14(20)12-8-22-10-17-12/h8,10-11,13,19,21H,1-7,9H2,(H,16,20)/t13-,15-/m1/s1. The first kappa shape index (κ1) is 15.9. The SMILES string of the molecule is O=C(NC[C@]1(O)CCN(CC2CCC2)C[C@H]1O)c1cscn1. The fraction of sp³-hybridized carbons (Fsp3) is 0.733. The molecule has 2 aliphatic rings. The van der Waals surface area contributed by atoms with Gasteiger partial charge in [-0.25, -0.2) is 4.98 Å². The molecule has 1 aliphatic heterocycles. The highest BCUT2D eigenvalue weighted by atomic mass is 32.1. The van der Waals surface area contributed by atoms with Crippen LogP contribution in [-0.2, 0) is 0 Å². The molecule has 1 saturated heterocycles. The fourth-order valence-corrected chi connectivity index (χ4v) is 3.62. The number of aliphatic hydroxyl groups excluding tert-OH is 1. The zero-order valence-electron chi connectivity index (χ0n) is 12.6. The molecular weight excluding hydrogens is 302 g/mol. The van der Waals surface area contributed by atoms with E-state index in [1.54, 1.807) is 10.9 Å². The highest BCUT2D eigenvalue weighted by molar-refractivity contribution is 7.07. The molecule has 1 aromatic heterocycles. The lowest BCUT2D eigenvalue weighted by molar-refractivity contribution is -0.118. The van der Waals surface area contributed by atoms with E-state index in [9.17, 15) is 15.0 Å². The largest absolute Gasteiger partial charge is 0.389 e. The summed E-state index contributed by atoms with van der Waals surface area (Å²) in [7, 11) is 0. The van der Waals surface area contributed by atoms with E-state index in [1.807, 2.05) is 0 Å². The van der Waals surface area contributed by atoms with Crippen LogP contribution in [0.25, 0.3) is 0 Å². The third kappa shape index (κ3) is 3.48. The Morgan fingerprint density at radius 2 is 2.36 bits per heavy atom. The summed E-state index contributed by atoms with van der Waals surface area (Å²) in [5.41, 5.74) is 0.699. The second-order valence-corrected chi connectivity index (χ2v) is 7.20. The van der Waals surface area contributed by atoms with Gasteiger partial charge in [-0.05, 0) is 25.2 Å². The van der Waals surface area contributed by atoms with Gasteiger partial charge in [-0.2, -0.15) is 0 Å². The number of nitrogens with one attached hydrogen (secondary N) is 1. The van der Waals surface area contributed by atoms with Crippen LogP contribution in [0.5, 0.6) is 0 Å². The number of aliphatic hydroxyl groups is 2. The van der Waals surface area contributed by atoms with E-state index in [-0.39, 0.29) is 12.5 Å². The third-order valence-electron chi connectivity index (χ3n) is 4.87. The lowest BCUT2D eigenvalue weighted by Crippen LogP contribution is -2.60. The Morgan fingerprint density at radius 1 is 1.55 bits per heavy atom. The van der Waals surface area contributed by atoms with Gasteiger partial charge in [-0.15, -0.1) is 11.3 Å². The predicted molar refractivity (Wildman–Crippen MR) is 83.8 cm³/mol. The summed E-state index contributed by atoms with van der Waals surface area (Å²) in [4.78, 5) is 18.0. The molecule has 3 rings (SSSR count). The van der Waals surface area contributed by atoms with E-state index in [2.05, 4.69) is 15.2 Å². The van der Waals surface area contributed by atoms with Gasteiger partial charge in [0.15, 0.2) is 0 Å². The molecule has 1 amide bonds. The van der Waals surface area contributed by atoms with Crippen molar-refractivity contribution in [1.82, 2.24) is 15.2 Å². The smallest absolute Gasteiger partial charge is 0.270 e. The molecular formula is C15H23N3O3S. The van der Waals surface area contributed by atoms with Crippen molar-refractivity contribution in [1.29, 1.82) is 0 Å². The lowest BCUT2D eigenvalue weighted by atomic mass is 9.83. The van der Waals surface area contributed by atoms with E-state index in [4.69, 9.17) is 0 Å². The molecule has 0 aromatic carbocycles. The van der Waals surface area contributed by atoms with E-state index in [0.29, 0.717) is 18.7 Å². The van der Waals surface area contributed by atoms with E-state index < -0.39 is 11.7 Å². The molecule has 3 N–H and O–H groups in total. The molecule has 2 fully saturated rings. The second-order valence-electron chi connectivity index (χ2n) is 6.48. The zero-order valence-corrected chi connectivity index (χ0v) is 13.4. The van der Waals surface area contributed by atoms with Gasteiger partial charge in [-0.1, -0.05) is 6.42 Å². The first-order valence-corrected chi connectivity index (χ1v) is 8.80. The molecule has 0 radical (unpaired) electrons. The summed E-state index contributed by atoms with van der Waals surface area (Å²) in [6, 6.07) is 0. The molecule has 6 nitrogen and oxygen atoms in total. The van der Waals surface area contributed by atoms with Gasteiger partial charge in [0.1, 0.15) is 11.3 Å². The van der Waals surface area contributed by atoms with E-state index in [1.165, 1.54) is 30.6 Å². The molecule has 122 valence electrons. The number of β-amino-alcohol motifs (C(OH)–C–C–N with tert-alkyl or cyclic N) is 1. The Labute approximate surface area is 134 Å². The quantitative estimate of drug-likeness (QED) is 0.733. The molecule has 1 saturated carbocycles. The van der Waals surface area contributed by atoms with Crippen LogP contribution in [0.2, 0.25) is 0 Å². The van der Waals surface area contributed by atoms with Gasteiger partial charge in [0.2, 0.25) is 0 Å². The number of carbonyl (C=O) groups is 1. The number of hydrogen-bond donors (Lipinski definition) is 3. The third-order valence-corrected chi connectivity index (χ3v) is 5.46. The molecule has 0 bridgehead atoms. The monoisotopic (exact) mass is 325 g/mol. The highest BCUT2D eigenvalue weighted by Gasteiger charge is 2.41. The van der Waals surface area contributed by atoms with Gasteiger partial charge in [0.25, 0.3) is 5.91 Å².